The van der Waals surface area contributed by atoms with Crippen LogP contribution in [0.3, 0.4) is 0 Å². The molecule has 2 aliphatic heterocycles. The second-order valence-corrected chi connectivity index (χ2v) is 7.42. The maximum Gasteiger partial charge on any atom is 0.243 e. The fourth-order valence-electron chi connectivity index (χ4n) is 4.11. The molecular weight excluding hydrogens is 326 g/mol. The molecule has 2 saturated heterocycles. The zero-order valence-corrected chi connectivity index (χ0v) is 15.5. The molecule has 0 aromatic carbocycles. The third-order valence-corrected chi connectivity index (χ3v) is 5.60. The SMILES string of the molecule is Cc1nccn1CC(=O)N1CCCC1c1ccc(CN2CCCC2)cn1. The lowest BCUT2D eigenvalue weighted by Gasteiger charge is -2.25. The Kier molecular flexibility index (Phi) is 5.02. The molecule has 0 aliphatic carbocycles. The molecule has 2 aromatic heterocycles. The van der Waals surface area contributed by atoms with Crippen molar-refractivity contribution in [3.05, 3.63) is 47.8 Å². The van der Waals surface area contributed by atoms with E-state index in [9.17, 15) is 4.79 Å². The van der Waals surface area contributed by atoms with Gasteiger partial charge in [-0.25, -0.2) is 4.98 Å². The Bertz CT molecular complexity index is 748. The molecule has 4 rings (SSSR count). The summed E-state index contributed by atoms with van der Waals surface area (Å²) in [4.78, 5) is 26.2. The normalized spacial score (nSPS) is 20.8. The van der Waals surface area contributed by atoms with Gasteiger partial charge < -0.3 is 9.47 Å². The number of hydrogen-bond donors (Lipinski definition) is 0. The molecule has 0 N–H and O–H groups in total. The molecule has 0 saturated carbocycles. The molecule has 0 bridgehead atoms. The van der Waals surface area contributed by atoms with Crippen molar-refractivity contribution in [1.82, 2.24) is 24.3 Å². The molecule has 2 fully saturated rings. The number of nitrogens with zero attached hydrogens (tertiary/aromatic N) is 5. The molecule has 2 aliphatic rings. The van der Waals surface area contributed by atoms with Gasteiger partial charge in [-0.05, 0) is 57.3 Å². The quantitative estimate of drug-likeness (QED) is 0.829. The summed E-state index contributed by atoms with van der Waals surface area (Å²) in [6.07, 6.45) is 10.2. The van der Waals surface area contributed by atoms with E-state index in [1.54, 1.807) is 6.20 Å². The number of aryl methyl sites for hydroxylation is 1. The first-order valence-electron chi connectivity index (χ1n) is 9.65. The van der Waals surface area contributed by atoms with Crippen LogP contribution in [0.1, 0.15) is 48.8 Å². The Labute approximate surface area is 154 Å². The number of carbonyl (C=O) groups is 1. The van der Waals surface area contributed by atoms with Crippen LogP contribution in [0.2, 0.25) is 0 Å². The Hall–Kier alpha value is -2.21. The van der Waals surface area contributed by atoms with Crippen molar-refractivity contribution in [1.29, 1.82) is 0 Å². The molecule has 4 heterocycles. The third-order valence-electron chi connectivity index (χ3n) is 5.60. The molecule has 0 radical (unpaired) electrons. The van der Waals surface area contributed by atoms with E-state index in [4.69, 9.17) is 4.98 Å². The van der Waals surface area contributed by atoms with Crippen LogP contribution >= 0.6 is 0 Å². The number of pyridine rings is 1. The maximum absolute atomic E-state index is 12.8. The van der Waals surface area contributed by atoms with Gasteiger partial charge in [0.1, 0.15) is 12.4 Å². The van der Waals surface area contributed by atoms with E-state index in [2.05, 4.69) is 22.0 Å². The van der Waals surface area contributed by atoms with E-state index in [-0.39, 0.29) is 11.9 Å². The van der Waals surface area contributed by atoms with Crippen molar-refractivity contribution in [2.45, 2.75) is 51.7 Å². The Morgan fingerprint density at radius 3 is 2.69 bits per heavy atom. The predicted octanol–water partition coefficient (Wildman–Crippen LogP) is 2.55. The van der Waals surface area contributed by atoms with Crippen LogP contribution in [-0.4, -0.2) is 49.9 Å². The molecule has 26 heavy (non-hydrogen) atoms. The smallest absolute Gasteiger partial charge is 0.243 e. The van der Waals surface area contributed by atoms with Crippen LogP contribution in [0.25, 0.3) is 0 Å². The average Bonchev–Trinajstić information content (AvgIpc) is 3.39. The molecule has 6 heteroatoms. The lowest BCUT2D eigenvalue weighted by molar-refractivity contribution is -0.132. The van der Waals surface area contributed by atoms with Gasteiger partial charge in [0, 0.05) is 31.7 Å². The monoisotopic (exact) mass is 353 g/mol. The van der Waals surface area contributed by atoms with Gasteiger partial charge in [-0.3, -0.25) is 14.7 Å². The molecule has 6 nitrogen and oxygen atoms in total. The van der Waals surface area contributed by atoms with Crippen LogP contribution in [-0.2, 0) is 17.9 Å². The highest BCUT2D eigenvalue weighted by atomic mass is 16.2. The third kappa shape index (κ3) is 3.65. The maximum atomic E-state index is 12.8. The predicted molar refractivity (Wildman–Crippen MR) is 99.4 cm³/mol. The summed E-state index contributed by atoms with van der Waals surface area (Å²) < 4.78 is 1.91. The number of likely N-dealkylation sites (tertiary alicyclic amines) is 2. The van der Waals surface area contributed by atoms with E-state index in [1.165, 1.54) is 31.5 Å². The topological polar surface area (TPSA) is 54.3 Å². The van der Waals surface area contributed by atoms with Crippen LogP contribution in [0, 0.1) is 6.92 Å². The van der Waals surface area contributed by atoms with Crippen molar-refractivity contribution in [3.63, 3.8) is 0 Å². The molecular formula is C20H27N5O. The van der Waals surface area contributed by atoms with Gasteiger partial charge in [-0.1, -0.05) is 6.07 Å². The lowest BCUT2D eigenvalue weighted by atomic mass is 10.1. The summed E-state index contributed by atoms with van der Waals surface area (Å²) in [6, 6.07) is 4.40. The zero-order valence-electron chi connectivity index (χ0n) is 15.5. The number of rotatable bonds is 5. The number of imidazole rings is 1. The van der Waals surface area contributed by atoms with E-state index < -0.39 is 0 Å². The van der Waals surface area contributed by atoms with Gasteiger partial charge in [0.25, 0.3) is 0 Å². The summed E-state index contributed by atoms with van der Waals surface area (Å²) in [5.74, 6) is 1.02. The zero-order chi connectivity index (χ0) is 17.9. The van der Waals surface area contributed by atoms with E-state index in [0.717, 1.165) is 37.4 Å². The Balaban J connectivity index is 1.42. The minimum Gasteiger partial charge on any atom is -0.333 e. The molecule has 2 aromatic rings. The van der Waals surface area contributed by atoms with Gasteiger partial charge in [0.05, 0.1) is 11.7 Å². The molecule has 0 spiro atoms. The molecule has 1 unspecified atom stereocenters. The average molecular weight is 353 g/mol. The highest BCUT2D eigenvalue weighted by molar-refractivity contribution is 5.76. The fraction of sp³-hybridized carbons (Fsp3) is 0.550. The summed E-state index contributed by atoms with van der Waals surface area (Å²) in [7, 11) is 0. The first kappa shape index (κ1) is 17.2. The van der Waals surface area contributed by atoms with Crippen molar-refractivity contribution in [2.75, 3.05) is 19.6 Å². The van der Waals surface area contributed by atoms with Crippen LogP contribution in [0.5, 0.6) is 0 Å². The molecule has 1 amide bonds. The van der Waals surface area contributed by atoms with Gasteiger partial charge in [-0.15, -0.1) is 0 Å². The minimum atomic E-state index is 0.104. The first-order valence-corrected chi connectivity index (χ1v) is 9.65. The second kappa shape index (κ2) is 7.58. The second-order valence-electron chi connectivity index (χ2n) is 7.42. The van der Waals surface area contributed by atoms with Gasteiger partial charge >= 0.3 is 0 Å². The summed E-state index contributed by atoms with van der Waals surface area (Å²) in [6.45, 7) is 6.47. The van der Waals surface area contributed by atoms with Crippen LogP contribution in [0.15, 0.2) is 30.7 Å². The van der Waals surface area contributed by atoms with Gasteiger partial charge in [0.2, 0.25) is 5.91 Å². The highest BCUT2D eigenvalue weighted by Gasteiger charge is 2.31. The molecule has 138 valence electrons. The van der Waals surface area contributed by atoms with Crippen molar-refractivity contribution >= 4 is 5.91 Å². The Morgan fingerprint density at radius 2 is 2.00 bits per heavy atom. The van der Waals surface area contributed by atoms with Crippen molar-refractivity contribution < 1.29 is 4.79 Å². The van der Waals surface area contributed by atoms with E-state index >= 15 is 0 Å². The van der Waals surface area contributed by atoms with Crippen LogP contribution < -0.4 is 0 Å². The first-order chi connectivity index (χ1) is 12.7. The van der Waals surface area contributed by atoms with Gasteiger partial charge in [0.15, 0.2) is 0 Å². The fourth-order valence-corrected chi connectivity index (χ4v) is 4.11. The highest BCUT2D eigenvalue weighted by Crippen LogP contribution is 2.31. The Morgan fingerprint density at radius 1 is 1.15 bits per heavy atom. The summed E-state index contributed by atoms with van der Waals surface area (Å²) >= 11 is 0. The summed E-state index contributed by atoms with van der Waals surface area (Å²) in [5.41, 5.74) is 2.28. The minimum absolute atomic E-state index is 0.104. The van der Waals surface area contributed by atoms with Crippen molar-refractivity contribution in [3.8, 4) is 0 Å². The van der Waals surface area contributed by atoms with E-state index in [1.807, 2.05) is 28.8 Å². The number of carbonyl (C=O) groups excluding carboxylic acids is 1. The van der Waals surface area contributed by atoms with E-state index in [0.29, 0.717) is 6.54 Å². The summed E-state index contributed by atoms with van der Waals surface area (Å²) in [5, 5.41) is 0. The lowest BCUT2D eigenvalue weighted by Crippen LogP contribution is -2.33. The van der Waals surface area contributed by atoms with Gasteiger partial charge in [-0.2, -0.15) is 0 Å². The number of aromatic nitrogens is 3. The number of amides is 1. The standard InChI is InChI=1S/C20H27N5O/c1-16-21-8-12-24(16)15-20(26)25-11-4-5-19(25)18-7-6-17(13-22-18)14-23-9-2-3-10-23/h6-8,12-13,19H,2-5,9-11,14-15H2,1H3. The largest absolute Gasteiger partial charge is 0.333 e. The number of hydrogen-bond acceptors (Lipinski definition) is 4. The molecule has 1 atom stereocenters. The van der Waals surface area contributed by atoms with Crippen molar-refractivity contribution in [2.24, 2.45) is 0 Å². The van der Waals surface area contributed by atoms with Crippen LogP contribution in [0.4, 0.5) is 0 Å².